The van der Waals surface area contributed by atoms with Crippen LogP contribution in [0.5, 0.6) is 0 Å². The summed E-state index contributed by atoms with van der Waals surface area (Å²) in [7, 11) is 0. The first-order valence-electron chi connectivity index (χ1n) is 7.55. The van der Waals surface area contributed by atoms with E-state index in [9.17, 15) is 18.3 Å². The molecule has 1 heterocycles. The van der Waals surface area contributed by atoms with Gasteiger partial charge in [-0.1, -0.05) is 6.07 Å². The molecule has 2 aliphatic rings. The predicted octanol–water partition coefficient (Wildman–Crippen LogP) is 2.26. The van der Waals surface area contributed by atoms with Gasteiger partial charge >= 0.3 is 0 Å². The first-order chi connectivity index (χ1) is 10.5. The summed E-state index contributed by atoms with van der Waals surface area (Å²) in [5.41, 5.74) is 5.01. The zero-order valence-electron chi connectivity index (χ0n) is 12.1. The van der Waals surface area contributed by atoms with Crippen LogP contribution in [0.25, 0.3) is 0 Å². The summed E-state index contributed by atoms with van der Waals surface area (Å²) in [6.45, 7) is -0.970. The van der Waals surface area contributed by atoms with Gasteiger partial charge in [0.1, 0.15) is 18.3 Å². The molecule has 1 aromatic carbocycles. The summed E-state index contributed by atoms with van der Waals surface area (Å²) in [6.07, 6.45) is 1.10. The molecule has 1 saturated carbocycles. The molecule has 1 aliphatic carbocycles. The Bertz CT molecular complexity index is 552. The first kappa shape index (κ1) is 15.8. The van der Waals surface area contributed by atoms with Gasteiger partial charge in [0.05, 0.1) is 24.4 Å². The molecule has 122 valence electrons. The number of aliphatic hydroxyl groups is 1. The molecule has 0 aromatic heterocycles. The monoisotopic (exact) mass is 315 g/mol. The second-order valence-corrected chi connectivity index (χ2v) is 6.42. The lowest BCUT2D eigenvalue weighted by Gasteiger charge is -2.46. The van der Waals surface area contributed by atoms with Gasteiger partial charge < -0.3 is 15.6 Å². The highest BCUT2D eigenvalue weighted by Crippen LogP contribution is 2.45. The molecule has 3 rings (SSSR count). The molecule has 0 amide bonds. The Labute approximate surface area is 127 Å². The molecule has 3 N–H and O–H groups in total. The molecule has 1 aliphatic heterocycles. The van der Waals surface area contributed by atoms with Crippen molar-refractivity contribution in [2.75, 3.05) is 13.3 Å². The molecule has 4 atom stereocenters. The first-order valence-corrected chi connectivity index (χ1v) is 7.55. The van der Waals surface area contributed by atoms with Crippen molar-refractivity contribution in [3.05, 3.63) is 35.4 Å². The van der Waals surface area contributed by atoms with Crippen LogP contribution in [0.2, 0.25) is 0 Å². The maximum absolute atomic E-state index is 14.1. The highest BCUT2D eigenvalue weighted by atomic mass is 19.1. The Morgan fingerprint density at radius 3 is 2.68 bits per heavy atom. The number of aliphatic hydroxyl groups excluding tert-OH is 1. The number of rotatable bonds is 4. The van der Waals surface area contributed by atoms with Crippen molar-refractivity contribution >= 4 is 0 Å². The third-order valence-corrected chi connectivity index (χ3v) is 4.89. The molecule has 0 radical (unpaired) electrons. The highest BCUT2D eigenvalue weighted by Gasteiger charge is 2.50. The molecule has 0 spiro atoms. The minimum Gasteiger partial charge on any atom is -0.390 e. The van der Waals surface area contributed by atoms with Crippen LogP contribution >= 0.6 is 0 Å². The summed E-state index contributed by atoms with van der Waals surface area (Å²) in [5.74, 6) is -1.76. The average Bonchev–Trinajstić information content (AvgIpc) is 3.31. The van der Waals surface area contributed by atoms with Crippen molar-refractivity contribution < 1.29 is 23.0 Å². The third kappa shape index (κ3) is 2.75. The van der Waals surface area contributed by atoms with E-state index in [1.807, 2.05) is 0 Å². The summed E-state index contributed by atoms with van der Waals surface area (Å²) < 4.78 is 46.1. The molecule has 3 nitrogen and oxygen atoms in total. The number of hydrogen-bond donors (Lipinski definition) is 2. The summed E-state index contributed by atoms with van der Waals surface area (Å²) in [6, 6.07) is 3.11. The van der Waals surface area contributed by atoms with Crippen LogP contribution in [0.1, 0.15) is 24.8 Å². The summed E-state index contributed by atoms with van der Waals surface area (Å²) in [4.78, 5) is 0. The maximum atomic E-state index is 14.1. The predicted molar refractivity (Wildman–Crippen MR) is 74.8 cm³/mol. The van der Waals surface area contributed by atoms with Gasteiger partial charge in [-0.2, -0.15) is 0 Å². The molecule has 6 heteroatoms. The SMILES string of the molecule is N[C@@]1(c2ccc(F)cc2F)CO[C@@H](C2CC2)C[C@H]1[C@@H](O)CF. The van der Waals surface area contributed by atoms with E-state index in [0.717, 1.165) is 25.0 Å². The van der Waals surface area contributed by atoms with Crippen molar-refractivity contribution in [1.29, 1.82) is 0 Å². The Kier molecular flexibility index (Phi) is 4.18. The number of ether oxygens (including phenoxy) is 1. The normalized spacial score (nSPS) is 33.7. The van der Waals surface area contributed by atoms with E-state index in [-0.39, 0.29) is 18.3 Å². The van der Waals surface area contributed by atoms with E-state index in [1.54, 1.807) is 0 Å². The zero-order chi connectivity index (χ0) is 15.9. The molecule has 0 unspecified atom stereocenters. The Hall–Kier alpha value is -1.11. The standard InChI is InChI=1S/C16H20F3NO2/c17-7-14(21)12-6-15(9-1-2-9)22-8-16(12,20)11-4-3-10(18)5-13(11)19/h3-5,9,12,14-15,21H,1-2,6-8,20H2/t12-,14-,15+,16+/m0/s1. The van der Waals surface area contributed by atoms with Gasteiger partial charge in [0, 0.05) is 17.5 Å². The fourth-order valence-corrected chi connectivity index (χ4v) is 3.43. The van der Waals surface area contributed by atoms with Gasteiger partial charge in [-0.3, -0.25) is 0 Å². The van der Waals surface area contributed by atoms with E-state index in [0.29, 0.717) is 12.3 Å². The number of alkyl halides is 1. The van der Waals surface area contributed by atoms with Crippen LogP contribution in [0.4, 0.5) is 13.2 Å². The van der Waals surface area contributed by atoms with Crippen LogP contribution in [0.15, 0.2) is 18.2 Å². The summed E-state index contributed by atoms with van der Waals surface area (Å²) >= 11 is 0. The van der Waals surface area contributed by atoms with Crippen molar-refractivity contribution in [2.45, 2.75) is 37.0 Å². The topological polar surface area (TPSA) is 55.5 Å². The van der Waals surface area contributed by atoms with Crippen LogP contribution in [0.3, 0.4) is 0 Å². The number of nitrogens with two attached hydrogens (primary N) is 1. The van der Waals surface area contributed by atoms with Gasteiger partial charge in [-0.05, 0) is 31.2 Å². The van der Waals surface area contributed by atoms with E-state index in [4.69, 9.17) is 10.5 Å². The zero-order valence-corrected chi connectivity index (χ0v) is 12.1. The van der Waals surface area contributed by atoms with Gasteiger partial charge in [0.2, 0.25) is 0 Å². The molecule has 1 aromatic rings. The van der Waals surface area contributed by atoms with Crippen molar-refractivity contribution in [3.8, 4) is 0 Å². The smallest absolute Gasteiger partial charge is 0.131 e. The van der Waals surface area contributed by atoms with E-state index < -0.39 is 35.9 Å². The van der Waals surface area contributed by atoms with Gasteiger partial charge in [0.25, 0.3) is 0 Å². The Balaban J connectivity index is 1.93. The molecule has 22 heavy (non-hydrogen) atoms. The summed E-state index contributed by atoms with van der Waals surface area (Å²) in [5, 5.41) is 10.0. The lowest BCUT2D eigenvalue weighted by Crippen LogP contribution is -2.58. The quantitative estimate of drug-likeness (QED) is 0.896. The van der Waals surface area contributed by atoms with Gasteiger partial charge in [0.15, 0.2) is 0 Å². The van der Waals surface area contributed by atoms with Crippen molar-refractivity contribution in [2.24, 2.45) is 17.6 Å². The van der Waals surface area contributed by atoms with Crippen LogP contribution < -0.4 is 5.73 Å². The highest BCUT2D eigenvalue weighted by molar-refractivity contribution is 5.29. The lowest BCUT2D eigenvalue weighted by atomic mass is 9.71. The third-order valence-electron chi connectivity index (χ3n) is 4.89. The van der Waals surface area contributed by atoms with E-state index in [1.165, 1.54) is 6.07 Å². The number of halogens is 3. The fourth-order valence-electron chi connectivity index (χ4n) is 3.43. The molecule has 0 bridgehead atoms. The van der Waals surface area contributed by atoms with Crippen LogP contribution in [0, 0.1) is 23.5 Å². The molecule has 2 fully saturated rings. The molecular weight excluding hydrogens is 295 g/mol. The second-order valence-electron chi connectivity index (χ2n) is 6.42. The van der Waals surface area contributed by atoms with Gasteiger partial charge in [-0.15, -0.1) is 0 Å². The number of benzene rings is 1. The molecular formula is C16H20F3NO2. The minimum absolute atomic E-state index is 0.0154. The Morgan fingerprint density at radius 2 is 2.09 bits per heavy atom. The van der Waals surface area contributed by atoms with E-state index >= 15 is 0 Å². The van der Waals surface area contributed by atoms with Gasteiger partial charge in [-0.25, -0.2) is 13.2 Å². The van der Waals surface area contributed by atoms with Crippen molar-refractivity contribution in [3.63, 3.8) is 0 Å². The second kappa shape index (κ2) is 5.83. The number of hydrogen-bond acceptors (Lipinski definition) is 3. The largest absolute Gasteiger partial charge is 0.390 e. The Morgan fingerprint density at radius 1 is 1.36 bits per heavy atom. The fraction of sp³-hybridized carbons (Fsp3) is 0.625. The maximum Gasteiger partial charge on any atom is 0.131 e. The van der Waals surface area contributed by atoms with Crippen LogP contribution in [-0.4, -0.2) is 30.6 Å². The minimum atomic E-state index is -1.37. The van der Waals surface area contributed by atoms with E-state index in [2.05, 4.69) is 0 Å². The van der Waals surface area contributed by atoms with Crippen LogP contribution in [-0.2, 0) is 10.3 Å². The average molecular weight is 315 g/mol. The van der Waals surface area contributed by atoms with Crippen molar-refractivity contribution in [1.82, 2.24) is 0 Å². The lowest BCUT2D eigenvalue weighted by molar-refractivity contribution is -0.108. The molecule has 1 saturated heterocycles.